The summed E-state index contributed by atoms with van der Waals surface area (Å²) < 4.78 is 5.65. The normalized spacial score (nSPS) is 21.6. The summed E-state index contributed by atoms with van der Waals surface area (Å²) in [5.74, 6) is 0.796. The number of ether oxygens (including phenoxy) is 1. The van der Waals surface area contributed by atoms with Gasteiger partial charge in [0.2, 0.25) is 0 Å². The molecule has 1 fully saturated rings. The zero-order valence-corrected chi connectivity index (χ0v) is 13.8. The number of rotatable bonds is 5. The number of nitrogens with zero attached hydrogens (tertiary/aromatic N) is 2. The van der Waals surface area contributed by atoms with Crippen molar-refractivity contribution in [1.29, 1.82) is 0 Å². The Hall–Kier alpha value is -1.75. The molecule has 0 radical (unpaired) electrons. The molecule has 2 aliphatic heterocycles. The lowest BCUT2D eigenvalue weighted by atomic mass is 9.99. The average Bonchev–Trinajstić information content (AvgIpc) is 2.53. The van der Waals surface area contributed by atoms with Gasteiger partial charge in [0.05, 0.1) is 12.2 Å². The zero-order valence-electron chi connectivity index (χ0n) is 13.8. The van der Waals surface area contributed by atoms with Crippen LogP contribution in [0.5, 0.6) is 5.75 Å². The second kappa shape index (κ2) is 7.21. The first-order valence-corrected chi connectivity index (χ1v) is 8.56. The third kappa shape index (κ3) is 4.16. The molecule has 0 bridgehead atoms. The molecule has 1 N–H and O–H groups in total. The first-order chi connectivity index (χ1) is 11.1. The minimum atomic E-state index is -0.800. The van der Waals surface area contributed by atoms with Crippen LogP contribution >= 0.6 is 0 Å². The van der Waals surface area contributed by atoms with Gasteiger partial charge in [-0.15, -0.1) is 0 Å². The van der Waals surface area contributed by atoms with E-state index >= 15 is 0 Å². The molecular formula is C18H26N2O3. The number of carbonyl (C=O) groups is 1. The Bertz CT molecular complexity index is 561. The number of hydrogen-bond donors (Lipinski definition) is 1. The van der Waals surface area contributed by atoms with Gasteiger partial charge in [0.1, 0.15) is 18.9 Å². The Kier molecular flexibility index (Phi) is 5.06. The highest BCUT2D eigenvalue weighted by Crippen LogP contribution is 2.32. The fourth-order valence-corrected chi connectivity index (χ4v) is 3.58. The molecule has 0 amide bonds. The molecule has 1 saturated heterocycles. The van der Waals surface area contributed by atoms with Crippen LogP contribution in [0.1, 0.15) is 25.3 Å². The van der Waals surface area contributed by atoms with E-state index in [4.69, 9.17) is 9.84 Å². The molecule has 1 aromatic carbocycles. The van der Waals surface area contributed by atoms with E-state index in [2.05, 4.69) is 24.0 Å². The van der Waals surface area contributed by atoms with Crippen molar-refractivity contribution in [2.24, 2.45) is 5.92 Å². The molecule has 1 aromatic rings. The molecule has 2 aliphatic rings. The maximum Gasteiger partial charge on any atom is 0.323 e. The molecule has 0 spiro atoms. The summed E-state index contributed by atoms with van der Waals surface area (Å²) in [6, 6.07) is 6.19. The fraction of sp³-hybridized carbons (Fsp3) is 0.611. The highest BCUT2D eigenvalue weighted by molar-refractivity contribution is 5.75. The van der Waals surface area contributed by atoms with Crippen LogP contribution in [0.3, 0.4) is 0 Å². The van der Waals surface area contributed by atoms with Gasteiger partial charge in [-0.1, -0.05) is 13.0 Å². The van der Waals surface area contributed by atoms with E-state index in [9.17, 15) is 4.79 Å². The molecule has 3 rings (SSSR count). The zero-order chi connectivity index (χ0) is 16.2. The van der Waals surface area contributed by atoms with Crippen molar-refractivity contribution in [2.45, 2.75) is 26.2 Å². The van der Waals surface area contributed by atoms with Crippen LogP contribution in [-0.2, 0) is 11.2 Å². The van der Waals surface area contributed by atoms with Crippen molar-refractivity contribution in [1.82, 2.24) is 4.90 Å². The summed E-state index contributed by atoms with van der Waals surface area (Å²) >= 11 is 0. The van der Waals surface area contributed by atoms with E-state index in [1.165, 1.54) is 31.5 Å². The van der Waals surface area contributed by atoms with Gasteiger partial charge in [-0.3, -0.25) is 4.79 Å². The summed E-state index contributed by atoms with van der Waals surface area (Å²) in [6.45, 7) is 7.00. The van der Waals surface area contributed by atoms with Crippen LogP contribution in [0.15, 0.2) is 18.2 Å². The molecule has 5 heteroatoms. The number of hydrogen-bond acceptors (Lipinski definition) is 4. The fourth-order valence-electron chi connectivity index (χ4n) is 3.58. The van der Waals surface area contributed by atoms with Gasteiger partial charge < -0.3 is 19.6 Å². The Morgan fingerprint density at radius 2 is 2.26 bits per heavy atom. The minimum Gasteiger partial charge on any atom is -0.490 e. The van der Waals surface area contributed by atoms with Crippen molar-refractivity contribution >= 4 is 11.7 Å². The number of anilines is 1. The average molecular weight is 318 g/mol. The first kappa shape index (κ1) is 16.1. The van der Waals surface area contributed by atoms with Gasteiger partial charge >= 0.3 is 5.97 Å². The predicted molar refractivity (Wildman–Crippen MR) is 90.3 cm³/mol. The van der Waals surface area contributed by atoms with Crippen molar-refractivity contribution in [3.05, 3.63) is 23.8 Å². The van der Waals surface area contributed by atoms with E-state index in [1.807, 2.05) is 11.0 Å². The molecule has 1 unspecified atom stereocenters. The number of aliphatic carboxylic acids is 1. The number of fused-ring (bicyclic) bond motifs is 1. The van der Waals surface area contributed by atoms with Crippen LogP contribution in [-0.4, -0.2) is 55.3 Å². The Morgan fingerprint density at radius 3 is 3.04 bits per heavy atom. The van der Waals surface area contributed by atoms with E-state index in [1.54, 1.807) is 0 Å². The monoisotopic (exact) mass is 318 g/mol. The highest BCUT2D eigenvalue weighted by Gasteiger charge is 2.21. The van der Waals surface area contributed by atoms with Crippen LogP contribution in [0.25, 0.3) is 0 Å². The van der Waals surface area contributed by atoms with Gasteiger partial charge in [-0.05, 0) is 49.4 Å². The van der Waals surface area contributed by atoms with Crippen molar-refractivity contribution < 1.29 is 14.6 Å². The van der Waals surface area contributed by atoms with Crippen LogP contribution in [0.4, 0.5) is 5.69 Å². The van der Waals surface area contributed by atoms with Crippen molar-refractivity contribution in [3.8, 4) is 5.75 Å². The molecule has 0 saturated carbocycles. The highest BCUT2D eigenvalue weighted by atomic mass is 16.5. The van der Waals surface area contributed by atoms with Gasteiger partial charge in [0, 0.05) is 13.1 Å². The molecule has 5 nitrogen and oxygen atoms in total. The lowest BCUT2D eigenvalue weighted by Gasteiger charge is -2.32. The molecule has 23 heavy (non-hydrogen) atoms. The van der Waals surface area contributed by atoms with E-state index < -0.39 is 5.97 Å². The van der Waals surface area contributed by atoms with Crippen molar-refractivity contribution in [3.63, 3.8) is 0 Å². The minimum absolute atomic E-state index is 0.0312. The number of carboxylic acid groups (broad SMARTS) is 1. The third-order valence-corrected chi connectivity index (χ3v) is 4.77. The Balaban J connectivity index is 1.65. The third-order valence-electron chi connectivity index (χ3n) is 4.77. The van der Waals surface area contributed by atoms with Gasteiger partial charge in [-0.25, -0.2) is 0 Å². The van der Waals surface area contributed by atoms with Crippen molar-refractivity contribution in [2.75, 3.05) is 44.2 Å². The number of likely N-dealkylation sites (tertiary alicyclic amines) is 1. The second-order valence-corrected chi connectivity index (χ2v) is 6.76. The van der Waals surface area contributed by atoms with Gasteiger partial charge in [0.25, 0.3) is 0 Å². The topological polar surface area (TPSA) is 53.0 Å². The predicted octanol–water partition coefficient (Wildman–Crippen LogP) is 2.24. The largest absolute Gasteiger partial charge is 0.490 e. The lowest BCUT2D eigenvalue weighted by molar-refractivity contribution is -0.135. The van der Waals surface area contributed by atoms with E-state index in [0.29, 0.717) is 13.2 Å². The number of piperidine rings is 1. The van der Waals surface area contributed by atoms with E-state index in [-0.39, 0.29) is 6.54 Å². The summed E-state index contributed by atoms with van der Waals surface area (Å²) in [5.41, 5.74) is 2.17. The smallest absolute Gasteiger partial charge is 0.323 e. The quantitative estimate of drug-likeness (QED) is 0.902. The summed E-state index contributed by atoms with van der Waals surface area (Å²) in [5, 5.41) is 9.07. The molecule has 0 aliphatic carbocycles. The van der Waals surface area contributed by atoms with Gasteiger partial charge in [-0.2, -0.15) is 0 Å². The molecular weight excluding hydrogens is 292 g/mol. The first-order valence-electron chi connectivity index (χ1n) is 8.56. The second-order valence-electron chi connectivity index (χ2n) is 6.76. The van der Waals surface area contributed by atoms with Gasteiger partial charge in [0.15, 0.2) is 0 Å². The van der Waals surface area contributed by atoms with Crippen LogP contribution < -0.4 is 9.64 Å². The lowest BCUT2D eigenvalue weighted by Crippen LogP contribution is -2.37. The maximum absolute atomic E-state index is 11.0. The summed E-state index contributed by atoms with van der Waals surface area (Å²) in [4.78, 5) is 15.5. The Labute approximate surface area is 137 Å². The molecule has 126 valence electrons. The molecule has 0 aromatic heterocycles. The molecule has 2 heterocycles. The Morgan fingerprint density at radius 1 is 1.39 bits per heavy atom. The van der Waals surface area contributed by atoms with Crippen LogP contribution in [0, 0.1) is 5.92 Å². The van der Waals surface area contributed by atoms with E-state index in [0.717, 1.165) is 30.3 Å². The number of carboxylic acids is 1. The molecule has 1 atom stereocenters. The SMILES string of the molecule is CC1CCCN(CCc2ccc3c(c2)N(CC(=O)O)CCO3)C1. The number of benzene rings is 1. The standard InChI is InChI=1S/C18H26N2O3/c1-14-3-2-7-19(12-14)8-6-15-4-5-17-16(11-15)20(9-10-23-17)13-18(21)22/h4-5,11,14H,2-3,6-10,12-13H2,1H3,(H,21,22). The maximum atomic E-state index is 11.0. The summed E-state index contributed by atoms with van der Waals surface area (Å²) in [6.07, 6.45) is 3.64. The summed E-state index contributed by atoms with van der Waals surface area (Å²) in [7, 11) is 0. The van der Waals surface area contributed by atoms with Crippen LogP contribution in [0.2, 0.25) is 0 Å².